The highest BCUT2D eigenvalue weighted by molar-refractivity contribution is 7.53. The minimum atomic E-state index is -3.57. The molecule has 1 unspecified atom stereocenters. The molecule has 160 valence electrons. The molecule has 0 aliphatic carbocycles. The predicted octanol–water partition coefficient (Wildman–Crippen LogP) is 3.93. The van der Waals surface area contributed by atoms with E-state index in [1.54, 1.807) is 17.8 Å². The third-order valence-corrected chi connectivity index (χ3v) is 6.51. The first-order chi connectivity index (χ1) is 14.3. The fraction of sp³-hybridized carbons (Fsp3) is 0.389. The monoisotopic (exact) mass is 455 g/mol. The van der Waals surface area contributed by atoms with Crippen LogP contribution in [0.1, 0.15) is 25.0 Å². The van der Waals surface area contributed by atoms with Crippen molar-refractivity contribution in [2.45, 2.75) is 32.1 Å². The summed E-state index contributed by atoms with van der Waals surface area (Å²) < 4.78 is 45.6. The van der Waals surface area contributed by atoms with Gasteiger partial charge in [0.15, 0.2) is 11.5 Å². The number of anilines is 1. The maximum absolute atomic E-state index is 14.2. The summed E-state index contributed by atoms with van der Waals surface area (Å²) in [7, 11) is -3.57. The van der Waals surface area contributed by atoms with Gasteiger partial charge in [0.05, 0.1) is 31.7 Å². The Kier molecular flexibility index (Phi) is 6.04. The van der Waals surface area contributed by atoms with Crippen LogP contribution in [0.2, 0.25) is 5.02 Å². The lowest BCUT2D eigenvalue weighted by Gasteiger charge is -2.30. The Balaban J connectivity index is 1.40. The van der Waals surface area contributed by atoms with Crippen molar-refractivity contribution in [3.8, 4) is 0 Å². The van der Waals surface area contributed by atoms with Gasteiger partial charge >= 0.3 is 7.60 Å². The van der Waals surface area contributed by atoms with Gasteiger partial charge in [-0.1, -0.05) is 11.6 Å². The smallest absolute Gasteiger partial charge is 0.356 e. The number of rotatable bonds is 6. The van der Waals surface area contributed by atoms with Crippen LogP contribution in [-0.2, 0) is 24.9 Å². The van der Waals surface area contributed by atoms with E-state index in [0.29, 0.717) is 35.0 Å². The van der Waals surface area contributed by atoms with Gasteiger partial charge in [-0.3, -0.25) is 9.09 Å². The number of fused-ring (bicyclic) bond motifs is 1. The molecule has 0 radical (unpaired) electrons. The molecule has 3 aromatic rings. The predicted molar refractivity (Wildman–Crippen MR) is 109 cm³/mol. The van der Waals surface area contributed by atoms with Crippen LogP contribution in [-0.4, -0.2) is 38.6 Å². The van der Waals surface area contributed by atoms with Crippen molar-refractivity contribution in [1.29, 1.82) is 0 Å². The van der Waals surface area contributed by atoms with Crippen molar-refractivity contribution in [2.75, 3.05) is 18.7 Å². The second-order valence-electron chi connectivity index (χ2n) is 6.93. The van der Waals surface area contributed by atoms with Gasteiger partial charge in [-0.2, -0.15) is 0 Å². The first kappa shape index (κ1) is 21.1. The number of hydrogen-bond donors (Lipinski definition) is 1. The number of ether oxygens (including phenoxy) is 1. The molecule has 1 saturated heterocycles. The third kappa shape index (κ3) is 4.48. The van der Waals surface area contributed by atoms with E-state index in [0.717, 1.165) is 0 Å². The highest BCUT2D eigenvalue weighted by Gasteiger charge is 2.36. The normalized spacial score (nSPS) is 23.0. The maximum atomic E-state index is 14.2. The van der Waals surface area contributed by atoms with Gasteiger partial charge in [-0.05, 0) is 25.1 Å². The molecule has 30 heavy (non-hydrogen) atoms. The number of imidazole rings is 1. The van der Waals surface area contributed by atoms with Gasteiger partial charge in [0.25, 0.3) is 0 Å². The lowest BCUT2D eigenvalue weighted by Crippen LogP contribution is -2.21. The van der Waals surface area contributed by atoms with E-state index in [2.05, 4.69) is 15.0 Å². The van der Waals surface area contributed by atoms with E-state index in [9.17, 15) is 8.96 Å². The Bertz CT molecular complexity index is 1110. The van der Waals surface area contributed by atoms with Crippen LogP contribution in [0, 0.1) is 5.82 Å². The quantitative estimate of drug-likeness (QED) is 0.556. The van der Waals surface area contributed by atoms with Gasteiger partial charge in [-0.25, -0.2) is 19.3 Å². The molecule has 0 amide bonds. The summed E-state index contributed by atoms with van der Waals surface area (Å²) in [6.45, 7) is 2.36. The van der Waals surface area contributed by atoms with Crippen molar-refractivity contribution in [3.63, 3.8) is 0 Å². The SMILES string of the molecule is C[C@H](Cn1cnc2c(N)ncnc21)OC[P@@]1(=O)OCCC(c2cc(Cl)ccc2F)O1. The molecule has 12 heteroatoms. The standard InChI is InChI=1S/C18H20ClFN5O4P/c1-11(7-25-9-24-16-17(21)22-8-23-18(16)25)27-10-30(26)28-5-4-15(29-30)13-6-12(19)2-3-14(13)20/h2-3,6,8-9,11,15H,4-5,7,10H2,1H3,(H2,21,22,23)/t11-,15?,30-/m1/s1. The number of nitrogens with two attached hydrogens (primary N) is 1. The second kappa shape index (κ2) is 8.56. The first-order valence-electron chi connectivity index (χ1n) is 9.24. The van der Waals surface area contributed by atoms with Crippen LogP contribution in [0.15, 0.2) is 30.9 Å². The molecule has 0 spiro atoms. The third-order valence-electron chi connectivity index (χ3n) is 4.66. The Morgan fingerprint density at radius 1 is 1.43 bits per heavy atom. The number of nitrogens with zero attached hydrogens (tertiary/aromatic N) is 4. The molecule has 9 nitrogen and oxygen atoms in total. The molecule has 1 aliphatic heterocycles. The maximum Gasteiger partial charge on any atom is 0.356 e. The van der Waals surface area contributed by atoms with E-state index >= 15 is 0 Å². The molecule has 3 atom stereocenters. The molecular formula is C18H20ClFN5O4P. The summed E-state index contributed by atoms with van der Waals surface area (Å²) in [5.74, 6) is -0.180. The van der Waals surface area contributed by atoms with Crippen molar-refractivity contribution >= 4 is 36.2 Å². The van der Waals surface area contributed by atoms with Crippen LogP contribution in [0.5, 0.6) is 0 Å². The summed E-state index contributed by atoms with van der Waals surface area (Å²) >= 11 is 5.96. The van der Waals surface area contributed by atoms with E-state index < -0.39 is 19.5 Å². The fourth-order valence-corrected chi connectivity index (χ4v) is 5.00. The van der Waals surface area contributed by atoms with Crippen LogP contribution in [0.4, 0.5) is 10.2 Å². The molecule has 2 aromatic heterocycles. The van der Waals surface area contributed by atoms with E-state index in [1.807, 2.05) is 0 Å². The van der Waals surface area contributed by atoms with Gasteiger partial charge in [0.1, 0.15) is 24.0 Å². The van der Waals surface area contributed by atoms with Crippen molar-refractivity contribution in [1.82, 2.24) is 19.5 Å². The van der Waals surface area contributed by atoms with Gasteiger partial charge in [0, 0.05) is 17.0 Å². The van der Waals surface area contributed by atoms with Crippen LogP contribution in [0.25, 0.3) is 11.2 Å². The zero-order valence-electron chi connectivity index (χ0n) is 16.1. The molecule has 0 bridgehead atoms. The van der Waals surface area contributed by atoms with E-state index in [-0.39, 0.29) is 24.6 Å². The summed E-state index contributed by atoms with van der Waals surface area (Å²) in [6, 6.07) is 4.17. The number of hydrogen-bond acceptors (Lipinski definition) is 8. The van der Waals surface area contributed by atoms with Crippen molar-refractivity contribution in [3.05, 3.63) is 47.3 Å². The molecular weight excluding hydrogens is 436 g/mol. The van der Waals surface area contributed by atoms with E-state index in [1.165, 1.54) is 24.5 Å². The van der Waals surface area contributed by atoms with Crippen molar-refractivity contribution in [2.24, 2.45) is 0 Å². The largest absolute Gasteiger partial charge is 0.382 e. The second-order valence-corrected chi connectivity index (χ2v) is 9.31. The van der Waals surface area contributed by atoms with Crippen LogP contribution < -0.4 is 5.73 Å². The molecule has 3 heterocycles. The molecule has 1 aromatic carbocycles. The molecule has 0 saturated carbocycles. The van der Waals surface area contributed by atoms with Gasteiger partial charge in [-0.15, -0.1) is 0 Å². The highest BCUT2D eigenvalue weighted by Crippen LogP contribution is 2.56. The minimum Gasteiger partial charge on any atom is -0.382 e. The van der Waals surface area contributed by atoms with E-state index in [4.69, 9.17) is 31.1 Å². The summed E-state index contributed by atoms with van der Waals surface area (Å²) in [6.07, 6.45) is 1.95. The Hall–Kier alpha value is -2.10. The number of halogens is 2. The number of benzene rings is 1. The zero-order chi connectivity index (χ0) is 21.3. The van der Waals surface area contributed by atoms with Gasteiger partial charge in [0.2, 0.25) is 0 Å². The summed E-state index contributed by atoms with van der Waals surface area (Å²) in [4.78, 5) is 12.3. The average molecular weight is 456 g/mol. The Morgan fingerprint density at radius 3 is 3.10 bits per heavy atom. The lowest BCUT2D eigenvalue weighted by molar-refractivity contribution is 0.0331. The van der Waals surface area contributed by atoms with Crippen molar-refractivity contribution < 1.29 is 22.7 Å². The topological polar surface area (TPSA) is 114 Å². The first-order valence-corrected chi connectivity index (χ1v) is 11.3. The molecule has 4 rings (SSSR count). The Morgan fingerprint density at radius 2 is 2.27 bits per heavy atom. The van der Waals surface area contributed by atoms with Gasteiger partial charge < -0.3 is 19.6 Å². The number of nitrogen functional groups attached to an aromatic ring is 1. The summed E-state index contributed by atoms with van der Waals surface area (Å²) in [5, 5.41) is 0.373. The van der Waals surface area contributed by atoms with Crippen LogP contribution in [0.3, 0.4) is 0 Å². The Labute approximate surface area is 176 Å². The molecule has 2 N–H and O–H groups in total. The molecule has 1 aliphatic rings. The van der Waals surface area contributed by atoms with Crippen LogP contribution >= 0.6 is 19.2 Å². The zero-order valence-corrected chi connectivity index (χ0v) is 17.7. The summed E-state index contributed by atoms with van der Waals surface area (Å²) in [5.41, 5.74) is 7.12. The fourth-order valence-electron chi connectivity index (χ4n) is 3.20. The average Bonchev–Trinajstić information content (AvgIpc) is 3.12. The molecule has 1 fully saturated rings. The minimum absolute atomic E-state index is 0.161. The highest BCUT2D eigenvalue weighted by atomic mass is 35.5. The lowest BCUT2D eigenvalue weighted by atomic mass is 10.1. The number of aromatic nitrogens is 4.